The van der Waals surface area contributed by atoms with E-state index < -0.39 is 5.54 Å². The molecule has 1 aromatic carbocycles. The Morgan fingerprint density at radius 1 is 1.42 bits per heavy atom. The molecule has 106 valence electrons. The highest BCUT2D eigenvalue weighted by Gasteiger charge is 2.30. The molecule has 0 radical (unpaired) electrons. The van der Waals surface area contributed by atoms with Crippen molar-refractivity contribution in [3.8, 4) is 11.5 Å². The molecule has 1 aliphatic rings. The van der Waals surface area contributed by atoms with Crippen molar-refractivity contribution < 1.29 is 19.7 Å². The van der Waals surface area contributed by atoms with Crippen molar-refractivity contribution in [2.75, 3.05) is 26.9 Å². The van der Waals surface area contributed by atoms with E-state index in [9.17, 15) is 10.2 Å². The van der Waals surface area contributed by atoms with Crippen molar-refractivity contribution >= 4 is 0 Å². The van der Waals surface area contributed by atoms with Crippen LogP contribution in [-0.4, -0.2) is 42.7 Å². The maximum atomic E-state index is 9.39. The van der Waals surface area contributed by atoms with Crippen molar-refractivity contribution in [1.82, 2.24) is 5.32 Å². The molecule has 2 rings (SSSR count). The fraction of sp³-hybridized carbons (Fsp3) is 0.571. The zero-order valence-electron chi connectivity index (χ0n) is 11.3. The molecule has 0 bridgehead atoms. The Morgan fingerprint density at radius 2 is 2.16 bits per heavy atom. The molecule has 0 saturated heterocycles. The molecule has 1 aliphatic heterocycles. The summed E-state index contributed by atoms with van der Waals surface area (Å²) >= 11 is 0. The van der Waals surface area contributed by atoms with E-state index in [0.717, 1.165) is 23.5 Å². The zero-order chi connectivity index (χ0) is 13.9. The van der Waals surface area contributed by atoms with Crippen LogP contribution in [0.1, 0.15) is 24.9 Å². The highest BCUT2D eigenvalue weighted by molar-refractivity contribution is 5.43. The lowest BCUT2D eigenvalue weighted by atomic mass is 9.95. The number of ether oxygens (including phenoxy) is 2. The minimum atomic E-state index is -0.706. The van der Waals surface area contributed by atoms with Crippen molar-refractivity contribution in [1.29, 1.82) is 0 Å². The Hall–Kier alpha value is -1.30. The van der Waals surface area contributed by atoms with Crippen LogP contribution >= 0.6 is 0 Å². The molecule has 0 fully saturated rings. The summed E-state index contributed by atoms with van der Waals surface area (Å²) in [5.74, 6) is 1.59. The van der Waals surface area contributed by atoms with Crippen LogP contribution in [0.5, 0.6) is 11.5 Å². The van der Waals surface area contributed by atoms with E-state index in [1.807, 2.05) is 18.2 Å². The first kappa shape index (κ1) is 14.1. The van der Waals surface area contributed by atoms with Gasteiger partial charge in [-0.05, 0) is 25.1 Å². The van der Waals surface area contributed by atoms with Gasteiger partial charge in [-0.15, -0.1) is 0 Å². The number of rotatable bonds is 5. The number of aliphatic hydroxyl groups excluding tert-OH is 2. The highest BCUT2D eigenvalue weighted by Crippen LogP contribution is 2.35. The predicted molar refractivity (Wildman–Crippen MR) is 71.6 cm³/mol. The van der Waals surface area contributed by atoms with Gasteiger partial charge in [-0.1, -0.05) is 0 Å². The molecule has 1 heterocycles. The lowest BCUT2D eigenvalue weighted by Gasteiger charge is -2.35. The molecular weight excluding hydrogens is 246 g/mol. The molecule has 1 atom stereocenters. The molecular formula is C14H21NO4. The van der Waals surface area contributed by atoms with E-state index in [1.165, 1.54) is 0 Å². The second kappa shape index (κ2) is 5.77. The maximum Gasteiger partial charge on any atom is 0.124 e. The summed E-state index contributed by atoms with van der Waals surface area (Å²) in [7, 11) is 1.62. The van der Waals surface area contributed by atoms with Gasteiger partial charge in [0.2, 0.25) is 0 Å². The number of hydrogen-bond acceptors (Lipinski definition) is 5. The number of fused-ring (bicyclic) bond motifs is 1. The number of aliphatic hydroxyl groups is 2. The minimum absolute atomic E-state index is 0.0307. The number of hydrogen-bond donors (Lipinski definition) is 3. The van der Waals surface area contributed by atoms with Gasteiger partial charge in [0.15, 0.2) is 0 Å². The second-order valence-electron chi connectivity index (χ2n) is 5.11. The fourth-order valence-corrected chi connectivity index (χ4v) is 2.21. The Bertz CT molecular complexity index is 431. The average Bonchev–Trinajstić information content (AvgIpc) is 2.47. The summed E-state index contributed by atoms with van der Waals surface area (Å²) in [5.41, 5.74) is 0.293. The standard InChI is InChI=1S/C14H21NO4/c1-14(8-16,9-17)15-12-5-6-19-13-4-3-10(18-2)7-11(12)13/h3-4,7,12,15-17H,5-6,8-9H2,1-2H3. The van der Waals surface area contributed by atoms with Gasteiger partial charge in [0.05, 0.1) is 32.5 Å². The summed E-state index contributed by atoms with van der Waals surface area (Å²) in [5, 5.41) is 22.1. The van der Waals surface area contributed by atoms with Gasteiger partial charge < -0.3 is 25.0 Å². The molecule has 1 unspecified atom stereocenters. The molecule has 19 heavy (non-hydrogen) atoms. The summed E-state index contributed by atoms with van der Waals surface area (Å²) in [6.07, 6.45) is 0.787. The third-order valence-electron chi connectivity index (χ3n) is 3.48. The average molecular weight is 267 g/mol. The predicted octanol–water partition coefficient (Wildman–Crippen LogP) is 0.852. The van der Waals surface area contributed by atoms with Crippen molar-refractivity contribution in [2.45, 2.75) is 24.9 Å². The molecule has 0 saturated carbocycles. The lowest BCUT2D eigenvalue weighted by molar-refractivity contribution is 0.0865. The Balaban J connectivity index is 2.25. The Labute approximate surface area is 113 Å². The third-order valence-corrected chi connectivity index (χ3v) is 3.48. The van der Waals surface area contributed by atoms with Crippen LogP contribution in [0.3, 0.4) is 0 Å². The summed E-state index contributed by atoms with van der Waals surface area (Å²) < 4.78 is 10.8. The molecule has 3 N–H and O–H groups in total. The SMILES string of the molecule is COc1ccc2c(c1)C(NC(C)(CO)CO)CCO2. The maximum absolute atomic E-state index is 9.39. The summed E-state index contributed by atoms with van der Waals surface area (Å²) in [4.78, 5) is 0. The first-order valence-electron chi connectivity index (χ1n) is 6.42. The van der Waals surface area contributed by atoms with Crippen LogP contribution in [-0.2, 0) is 0 Å². The van der Waals surface area contributed by atoms with Gasteiger partial charge in [0, 0.05) is 18.0 Å². The van der Waals surface area contributed by atoms with E-state index >= 15 is 0 Å². The summed E-state index contributed by atoms with van der Waals surface area (Å²) in [6.45, 7) is 2.16. The molecule has 0 aromatic heterocycles. The van der Waals surface area contributed by atoms with Gasteiger partial charge in [0.25, 0.3) is 0 Å². The van der Waals surface area contributed by atoms with Gasteiger partial charge in [-0.3, -0.25) is 0 Å². The molecule has 5 nitrogen and oxygen atoms in total. The van der Waals surface area contributed by atoms with E-state index in [-0.39, 0.29) is 19.3 Å². The van der Waals surface area contributed by atoms with E-state index in [2.05, 4.69) is 5.32 Å². The Kier molecular flexibility index (Phi) is 4.29. The third kappa shape index (κ3) is 3.00. The zero-order valence-corrected chi connectivity index (χ0v) is 11.3. The first-order chi connectivity index (χ1) is 9.11. The molecule has 0 amide bonds. The number of methoxy groups -OCH3 is 1. The lowest BCUT2D eigenvalue weighted by Crippen LogP contribution is -2.51. The van der Waals surface area contributed by atoms with Crippen LogP contribution in [0, 0.1) is 0 Å². The van der Waals surface area contributed by atoms with E-state index in [4.69, 9.17) is 9.47 Å². The van der Waals surface area contributed by atoms with Crippen LogP contribution < -0.4 is 14.8 Å². The van der Waals surface area contributed by atoms with Gasteiger partial charge >= 0.3 is 0 Å². The van der Waals surface area contributed by atoms with Gasteiger partial charge in [-0.25, -0.2) is 0 Å². The van der Waals surface area contributed by atoms with Crippen molar-refractivity contribution in [3.63, 3.8) is 0 Å². The molecule has 0 aliphatic carbocycles. The van der Waals surface area contributed by atoms with Crippen LogP contribution in [0.2, 0.25) is 0 Å². The van der Waals surface area contributed by atoms with Crippen molar-refractivity contribution in [3.05, 3.63) is 23.8 Å². The minimum Gasteiger partial charge on any atom is -0.497 e. The topological polar surface area (TPSA) is 71.0 Å². The second-order valence-corrected chi connectivity index (χ2v) is 5.11. The summed E-state index contributed by atoms with van der Waals surface area (Å²) in [6, 6.07) is 5.71. The Morgan fingerprint density at radius 3 is 2.79 bits per heavy atom. The van der Waals surface area contributed by atoms with E-state index in [1.54, 1.807) is 14.0 Å². The van der Waals surface area contributed by atoms with Gasteiger partial charge in [0.1, 0.15) is 11.5 Å². The molecule has 5 heteroatoms. The van der Waals surface area contributed by atoms with Gasteiger partial charge in [-0.2, -0.15) is 0 Å². The quantitative estimate of drug-likeness (QED) is 0.738. The molecule has 0 spiro atoms. The normalized spacial score (nSPS) is 18.6. The monoisotopic (exact) mass is 267 g/mol. The first-order valence-corrected chi connectivity index (χ1v) is 6.42. The van der Waals surface area contributed by atoms with Crippen LogP contribution in [0.4, 0.5) is 0 Å². The highest BCUT2D eigenvalue weighted by atomic mass is 16.5. The van der Waals surface area contributed by atoms with Crippen LogP contribution in [0.25, 0.3) is 0 Å². The molecule has 1 aromatic rings. The van der Waals surface area contributed by atoms with E-state index in [0.29, 0.717) is 6.61 Å². The number of nitrogens with one attached hydrogen (secondary N) is 1. The van der Waals surface area contributed by atoms with Crippen molar-refractivity contribution in [2.24, 2.45) is 0 Å². The largest absolute Gasteiger partial charge is 0.497 e. The smallest absolute Gasteiger partial charge is 0.124 e. The van der Waals surface area contributed by atoms with Crippen LogP contribution in [0.15, 0.2) is 18.2 Å². The number of benzene rings is 1. The fourth-order valence-electron chi connectivity index (χ4n) is 2.21.